The van der Waals surface area contributed by atoms with Gasteiger partial charge in [-0.05, 0) is 30.2 Å². The highest BCUT2D eigenvalue weighted by atomic mass is 79.9. The van der Waals surface area contributed by atoms with E-state index in [0.29, 0.717) is 5.56 Å². The molecule has 0 spiro atoms. The van der Waals surface area contributed by atoms with Crippen molar-refractivity contribution in [2.45, 2.75) is 13.1 Å². The van der Waals surface area contributed by atoms with Gasteiger partial charge in [0.15, 0.2) is 0 Å². The van der Waals surface area contributed by atoms with Gasteiger partial charge in [0.2, 0.25) is 0 Å². The molecule has 1 aliphatic rings. The number of aryl methyl sites for hydroxylation is 1. The van der Waals surface area contributed by atoms with Crippen LogP contribution in [0.25, 0.3) is 6.08 Å². The molecule has 0 amide bonds. The van der Waals surface area contributed by atoms with Crippen molar-refractivity contribution >= 4 is 28.0 Å². The Morgan fingerprint density at radius 1 is 1.38 bits per heavy atom. The first kappa shape index (κ1) is 17.6. The number of alkyl halides is 3. The molecule has 21 heavy (non-hydrogen) atoms. The molecule has 116 valence electrons. The van der Waals surface area contributed by atoms with Gasteiger partial charge in [0.05, 0.1) is 0 Å². The third-order valence-electron chi connectivity index (χ3n) is 2.58. The number of aliphatic carboxylic acids is 1. The molecule has 1 heterocycles. The Labute approximate surface area is 126 Å². The maximum absolute atomic E-state index is 13.5. The van der Waals surface area contributed by atoms with E-state index >= 15 is 0 Å². The number of carboxylic acid groups (broad SMARTS) is 1. The molecule has 8 heteroatoms. The Morgan fingerprint density at radius 2 is 1.90 bits per heavy atom. The summed E-state index contributed by atoms with van der Waals surface area (Å²) >= 11 is 3.30. The molecule has 1 aromatic rings. The fourth-order valence-electron chi connectivity index (χ4n) is 1.38. The standard InChI is InChI=1S/C11H11BrFN.C2HF3O2/c1-7-2-9(3-8-5-14-6-8)11(13)4-10(7)12;3-2(4,5)1(6)7/h2-4,14H,5-6H2,1H3;(H,6,7). The van der Waals surface area contributed by atoms with Crippen LogP contribution in [0.3, 0.4) is 0 Å². The molecule has 3 nitrogen and oxygen atoms in total. The summed E-state index contributed by atoms with van der Waals surface area (Å²) in [6, 6.07) is 3.39. The third kappa shape index (κ3) is 5.47. The molecular formula is C13H12BrF4NO2. The quantitative estimate of drug-likeness (QED) is 0.744. The first-order valence-corrected chi connectivity index (χ1v) is 6.56. The summed E-state index contributed by atoms with van der Waals surface area (Å²) in [5.41, 5.74) is 3.00. The maximum atomic E-state index is 13.5. The molecular weight excluding hydrogens is 358 g/mol. The van der Waals surface area contributed by atoms with Crippen LogP contribution in [0.15, 0.2) is 22.2 Å². The second kappa shape index (κ2) is 7.04. The molecule has 1 aliphatic heterocycles. The van der Waals surface area contributed by atoms with Crippen molar-refractivity contribution in [3.63, 3.8) is 0 Å². The van der Waals surface area contributed by atoms with E-state index in [0.717, 1.165) is 23.1 Å². The zero-order valence-corrected chi connectivity index (χ0v) is 12.5. The second-order valence-electron chi connectivity index (χ2n) is 4.33. The van der Waals surface area contributed by atoms with E-state index in [1.807, 2.05) is 19.1 Å². The molecule has 0 unspecified atom stereocenters. The van der Waals surface area contributed by atoms with E-state index in [1.54, 1.807) is 0 Å². The summed E-state index contributed by atoms with van der Waals surface area (Å²) in [6.45, 7) is 3.73. The van der Waals surface area contributed by atoms with Gasteiger partial charge < -0.3 is 10.4 Å². The lowest BCUT2D eigenvalue weighted by Gasteiger charge is -2.18. The SMILES string of the molecule is Cc1cc(C=C2CNC2)c(F)cc1Br.O=C(O)C(F)(F)F. The second-order valence-corrected chi connectivity index (χ2v) is 5.19. The summed E-state index contributed by atoms with van der Waals surface area (Å²) in [4.78, 5) is 8.90. The van der Waals surface area contributed by atoms with Crippen LogP contribution in [0, 0.1) is 12.7 Å². The molecule has 0 radical (unpaired) electrons. The molecule has 0 saturated carbocycles. The summed E-state index contributed by atoms with van der Waals surface area (Å²) in [7, 11) is 0. The Morgan fingerprint density at radius 3 is 2.29 bits per heavy atom. The molecule has 1 aromatic carbocycles. The zero-order valence-electron chi connectivity index (χ0n) is 10.9. The van der Waals surface area contributed by atoms with Crippen molar-refractivity contribution in [2.24, 2.45) is 0 Å². The number of carboxylic acids is 1. The number of hydrogen-bond acceptors (Lipinski definition) is 2. The van der Waals surface area contributed by atoms with Crippen molar-refractivity contribution in [3.05, 3.63) is 39.1 Å². The van der Waals surface area contributed by atoms with E-state index in [1.165, 1.54) is 11.6 Å². The van der Waals surface area contributed by atoms with Gasteiger partial charge in [-0.25, -0.2) is 9.18 Å². The van der Waals surface area contributed by atoms with Gasteiger partial charge in [0, 0.05) is 23.1 Å². The largest absolute Gasteiger partial charge is 0.490 e. The summed E-state index contributed by atoms with van der Waals surface area (Å²) in [5.74, 6) is -2.92. The average molecular weight is 370 g/mol. The van der Waals surface area contributed by atoms with Crippen LogP contribution in [0.4, 0.5) is 17.6 Å². The maximum Gasteiger partial charge on any atom is 0.490 e. The van der Waals surface area contributed by atoms with Crippen molar-refractivity contribution in [2.75, 3.05) is 13.1 Å². The molecule has 0 bridgehead atoms. The fourth-order valence-corrected chi connectivity index (χ4v) is 1.70. The van der Waals surface area contributed by atoms with Crippen LogP contribution in [-0.4, -0.2) is 30.3 Å². The van der Waals surface area contributed by atoms with E-state index in [2.05, 4.69) is 21.2 Å². The molecule has 0 aromatic heterocycles. The first-order chi connectivity index (χ1) is 9.61. The van der Waals surface area contributed by atoms with Gasteiger partial charge in [0.25, 0.3) is 0 Å². The van der Waals surface area contributed by atoms with Gasteiger partial charge >= 0.3 is 12.1 Å². The number of carbonyl (C=O) groups is 1. The zero-order chi connectivity index (χ0) is 16.2. The van der Waals surface area contributed by atoms with Crippen LogP contribution in [-0.2, 0) is 4.79 Å². The number of halogens is 5. The molecule has 2 N–H and O–H groups in total. The van der Waals surface area contributed by atoms with Crippen molar-refractivity contribution < 1.29 is 27.5 Å². The number of rotatable bonds is 1. The van der Waals surface area contributed by atoms with E-state index in [4.69, 9.17) is 9.90 Å². The number of benzene rings is 1. The number of nitrogens with one attached hydrogen (secondary N) is 1. The minimum absolute atomic E-state index is 0.165. The van der Waals surface area contributed by atoms with Gasteiger partial charge in [-0.15, -0.1) is 0 Å². The molecule has 1 saturated heterocycles. The van der Waals surface area contributed by atoms with Crippen molar-refractivity contribution in [1.82, 2.24) is 5.32 Å². The normalized spacial score (nSPS) is 13.9. The first-order valence-electron chi connectivity index (χ1n) is 5.77. The van der Waals surface area contributed by atoms with Crippen molar-refractivity contribution in [1.29, 1.82) is 0 Å². The third-order valence-corrected chi connectivity index (χ3v) is 3.44. The average Bonchev–Trinajstić information content (AvgIpc) is 2.29. The molecule has 1 fully saturated rings. The highest BCUT2D eigenvalue weighted by molar-refractivity contribution is 9.10. The smallest absolute Gasteiger partial charge is 0.475 e. The van der Waals surface area contributed by atoms with Crippen LogP contribution in [0.5, 0.6) is 0 Å². The van der Waals surface area contributed by atoms with Crippen LogP contribution < -0.4 is 5.32 Å². The highest BCUT2D eigenvalue weighted by Crippen LogP contribution is 2.22. The van der Waals surface area contributed by atoms with E-state index in [-0.39, 0.29) is 5.82 Å². The van der Waals surface area contributed by atoms with Crippen LogP contribution in [0.2, 0.25) is 0 Å². The Balaban J connectivity index is 0.000000270. The summed E-state index contributed by atoms with van der Waals surface area (Å²) in [5, 5.41) is 10.3. The lowest BCUT2D eigenvalue weighted by atomic mass is 10.0. The molecule has 0 atom stereocenters. The Bertz CT molecular complexity index is 564. The lowest BCUT2D eigenvalue weighted by Crippen LogP contribution is -2.33. The minimum atomic E-state index is -5.08. The predicted octanol–water partition coefficient (Wildman–Crippen LogP) is 3.52. The monoisotopic (exact) mass is 369 g/mol. The van der Waals surface area contributed by atoms with Gasteiger partial charge in [-0.2, -0.15) is 13.2 Å². The number of hydrogen-bond donors (Lipinski definition) is 2. The van der Waals surface area contributed by atoms with Gasteiger partial charge in [-0.1, -0.05) is 22.0 Å². The summed E-state index contributed by atoms with van der Waals surface area (Å²) in [6.07, 6.45) is -3.16. The fraction of sp³-hybridized carbons (Fsp3) is 0.308. The van der Waals surface area contributed by atoms with Gasteiger partial charge in [0.1, 0.15) is 5.82 Å². The van der Waals surface area contributed by atoms with E-state index in [9.17, 15) is 17.6 Å². The van der Waals surface area contributed by atoms with Gasteiger partial charge in [-0.3, -0.25) is 0 Å². The molecule has 0 aliphatic carbocycles. The molecule has 2 rings (SSSR count). The summed E-state index contributed by atoms with van der Waals surface area (Å²) < 4.78 is 46.0. The minimum Gasteiger partial charge on any atom is -0.475 e. The predicted molar refractivity (Wildman–Crippen MR) is 73.4 cm³/mol. The topological polar surface area (TPSA) is 49.3 Å². The lowest BCUT2D eigenvalue weighted by molar-refractivity contribution is -0.192. The Hall–Kier alpha value is -1.41. The van der Waals surface area contributed by atoms with Crippen LogP contribution >= 0.6 is 15.9 Å². The van der Waals surface area contributed by atoms with E-state index < -0.39 is 12.1 Å². The van der Waals surface area contributed by atoms with Crippen molar-refractivity contribution in [3.8, 4) is 0 Å². The highest BCUT2D eigenvalue weighted by Gasteiger charge is 2.38. The van der Waals surface area contributed by atoms with Crippen LogP contribution in [0.1, 0.15) is 11.1 Å². The Kier molecular flexibility index (Phi) is 5.91.